The van der Waals surface area contributed by atoms with Crippen molar-refractivity contribution in [3.8, 4) is 5.69 Å². The van der Waals surface area contributed by atoms with Gasteiger partial charge in [0, 0.05) is 18.8 Å². The summed E-state index contributed by atoms with van der Waals surface area (Å²) in [6.45, 7) is 4.88. The molecular weight excluding hydrogens is 292 g/mol. The second-order valence-corrected chi connectivity index (χ2v) is 6.04. The van der Waals surface area contributed by atoms with E-state index in [9.17, 15) is 9.90 Å². The number of benzene rings is 1. The predicted molar refractivity (Wildman–Crippen MR) is 87.3 cm³/mol. The van der Waals surface area contributed by atoms with Gasteiger partial charge in [-0.1, -0.05) is 18.2 Å². The van der Waals surface area contributed by atoms with Gasteiger partial charge in [-0.15, -0.1) is 0 Å². The molecule has 1 aliphatic heterocycles. The maximum absolute atomic E-state index is 12.2. The third-order valence-corrected chi connectivity index (χ3v) is 4.11. The first-order valence-corrected chi connectivity index (χ1v) is 7.85. The molecular formula is C17H22N4O2. The van der Waals surface area contributed by atoms with Gasteiger partial charge >= 0.3 is 0 Å². The highest BCUT2D eigenvalue weighted by atomic mass is 16.3. The van der Waals surface area contributed by atoms with Crippen LogP contribution in [0.4, 0.5) is 0 Å². The summed E-state index contributed by atoms with van der Waals surface area (Å²) in [6.07, 6.45) is 0.0260. The molecule has 1 aliphatic rings. The van der Waals surface area contributed by atoms with E-state index in [1.807, 2.05) is 48.9 Å². The van der Waals surface area contributed by atoms with Crippen LogP contribution < -0.4 is 10.6 Å². The summed E-state index contributed by atoms with van der Waals surface area (Å²) in [4.78, 5) is 12.2. The first kappa shape index (κ1) is 15.7. The zero-order chi connectivity index (χ0) is 16.4. The molecule has 2 unspecified atom stereocenters. The summed E-state index contributed by atoms with van der Waals surface area (Å²) < 4.78 is 1.90. The van der Waals surface area contributed by atoms with E-state index < -0.39 is 6.10 Å². The van der Waals surface area contributed by atoms with E-state index in [4.69, 9.17) is 0 Å². The van der Waals surface area contributed by atoms with E-state index in [0.717, 1.165) is 22.6 Å². The third-order valence-electron chi connectivity index (χ3n) is 4.11. The normalized spacial score (nSPS) is 20.7. The standard InChI is InChI=1S/C17H22N4O2/c1-11-7-12(2)21(20-11)16-6-4-3-5-13(16)9-19-17(23)15-8-14(22)10-18-15/h3-7,14-15,18,22H,8-10H2,1-2H3,(H,19,23). The number of aryl methyl sites for hydroxylation is 2. The maximum atomic E-state index is 12.2. The van der Waals surface area contributed by atoms with E-state index in [1.54, 1.807) is 0 Å². The van der Waals surface area contributed by atoms with Gasteiger partial charge < -0.3 is 15.7 Å². The first-order chi connectivity index (χ1) is 11.0. The van der Waals surface area contributed by atoms with Gasteiger partial charge in [0.15, 0.2) is 0 Å². The topological polar surface area (TPSA) is 79.2 Å². The molecule has 1 aromatic carbocycles. The van der Waals surface area contributed by atoms with Crippen LogP contribution in [0.1, 0.15) is 23.4 Å². The molecule has 1 aromatic heterocycles. The minimum atomic E-state index is -0.437. The Kier molecular flexibility index (Phi) is 4.45. The van der Waals surface area contributed by atoms with E-state index in [1.165, 1.54) is 0 Å². The van der Waals surface area contributed by atoms with Gasteiger partial charge in [0.05, 0.1) is 23.5 Å². The number of aliphatic hydroxyl groups is 1. The van der Waals surface area contributed by atoms with Crippen LogP contribution in [0.25, 0.3) is 5.69 Å². The number of para-hydroxylation sites is 1. The molecule has 2 aromatic rings. The average molecular weight is 314 g/mol. The Bertz CT molecular complexity index is 710. The van der Waals surface area contributed by atoms with Gasteiger partial charge in [-0.3, -0.25) is 4.79 Å². The van der Waals surface area contributed by atoms with Crippen LogP contribution in [0, 0.1) is 13.8 Å². The van der Waals surface area contributed by atoms with Crippen LogP contribution in [-0.4, -0.2) is 39.5 Å². The molecule has 0 bridgehead atoms. The zero-order valence-corrected chi connectivity index (χ0v) is 13.4. The van der Waals surface area contributed by atoms with Crippen molar-refractivity contribution in [2.24, 2.45) is 0 Å². The Labute approximate surface area is 135 Å². The molecule has 23 heavy (non-hydrogen) atoms. The summed E-state index contributed by atoms with van der Waals surface area (Å²) in [7, 11) is 0. The Balaban J connectivity index is 1.74. The SMILES string of the molecule is Cc1cc(C)n(-c2ccccc2CNC(=O)C2CC(O)CN2)n1. The van der Waals surface area contributed by atoms with Gasteiger partial charge in [-0.25, -0.2) is 4.68 Å². The minimum absolute atomic E-state index is 0.0790. The molecule has 2 atom stereocenters. The van der Waals surface area contributed by atoms with E-state index >= 15 is 0 Å². The number of carbonyl (C=O) groups is 1. The van der Waals surface area contributed by atoms with Crippen molar-refractivity contribution in [2.75, 3.05) is 6.54 Å². The average Bonchev–Trinajstić information content (AvgIpc) is 3.10. The Morgan fingerprint density at radius 1 is 1.43 bits per heavy atom. The van der Waals surface area contributed by atoms with E-state index in [-0.39, 0.29) is 11.9 Å². The fourth-order valence-corrected chi connectivity index (χ4v) is 2.96. The Hall–Kier alpha value is -2.18. The molecule has 0 saturated carbocycles. The summed E-state index contributed by atoms with van der Waals surface area (Å²) in [5.41, 5.74) is 4.00. The van der Waals surface area contributed by atoms with Gasteiger partial charge in [-0.2, -0.15) is 5.10 Å². The van der Waals surface area contributed by atoms with Crippen molar-refractivity contribution in [3.63, 3.8) is 0 Å². The molecule has 0 radical (unpaired) electrons. The molecule has 122 valence electrons. The fourth-order valence-electron chi connectivity index (χ4n) is 2.96. The van der Waals surface area contributed by atoms with Gasteiger partial charge in [0.1, 0.15) is 0 Å². The van der Waals surface area contributed by atoms with Crippen molar-refractivity contribution in [1.29, 1.82) is 0 Å². The number of aliphatic hydroxyl groups excluding tert-OH is 1. The van der Waals surface area contributed by atoms with Crippen LogP contribution in [0.15, 0.2) is 30.3 Å². The highest BCUT2D eigenvalue weighted by Crippen LogP contribution is 2.17. The van der Waals surface area contributed by atoms with E-state index in [2.05, 4.69) is 15.7 Å². The van der Waals surface area contributed by atoms with Crippen molar-refractivity contribution in [3.05, 3.63) is 47.3 Å². The van der Waals surface area contributed by atoms with Crippen LogP contribution in [-0.2, 0) is 11.3 Å². The lowest BCUT2D eigenvalue weighted by molar-refractivity contribution is -0.123. The number of β-amino-alcohol motifs (C(OH)–C–C–N with tert-alkyl or cyclic N) is 1. The predicted octanol–water partition coefficient (Wildman–Crippen LogP) is 0.828. The third kappa shape index (κ3) is 3.43. The quantitative estimate of drug-likeness (QED) is 0.781. The maximum Gasteiger partial charge on any atom is 0.237 e. The first-order valence-electron chi connectivity index (χ1n) is 7.85. The number of hydrogen-bond donors (Lipinski definition) is 3. The molecule has 0 aliphatic carbocycles. The molecule has 1 amide bonds. The van der Waals surface area contributed by atoms with E-state index in [0.29, 0.717) is 19.5 Å². The molecule has 1 saturated heterocycles. The van der Waals surface area contributed by atoms with Crippen molar-refractivity contribution in [2.45, 2.75) is 39.0 Å². The highest BCUT2D eigenvalue weighted by Gasteiger charge is 2.27. The number of nitrogens with zero attached hydrogens (tertiary/aromatic N) is 2. The Morgan fingerprint density at radius 2 is 2.22 bits per heavy atom. The molecule has 3 N–H and O–H groups in total. The summed E-state index contributed by atoms with van der Waals surface area (Å²) >= 11 is 0. The minimum Gasteiger partial charge on any atom is -0.392 e. The largest absolute Gasteiger partial charge is 0.392 e. The molecule has 6 nitrogen and oxygen atoms in total. The molecule has 1 fully saturated rings. The molecule has 2 heterocycles. The Morgan fingerprint density at radius 3 is 2.87 bits per heavy atom. The van der Waals surface area contributed by atoms with Gasteiger partial charge in [0.2, 0.25) is 5.91 Å². The number of nitrogens with one attached hydrogen (secondary N) is 2. The lowest BCUT2D eigenvalue weighted by atomic mass is 10.1. The van der Waals surface area contributed by atoms with Crippen LogP contribution in [0.3, 0.4) is 0 Å². The van der Waals surface area contributed by atoms with Gasteiger partial charge in [0.25, 0.3) is 0 Å². The van der Waals surface area contributed by atoms with Crippen molar-refractivity contribution >= 4 is 5.91 Å². The van der Waals surface area contributed by atoms with Gasteiger partial charge in [-0.05, 0) is 38.0 Å². The summed E-state index contributed by atoms with van der Waals surface area (Å²) in [6, 6.07) is 9.62. The molecule has 0 spiro atoms. The molecule has 3 rings (SSSR count). The smallest absolute Gasteiger partial charge is 0.237 e. The van der Waals surface area contributed by atoms with Crippen LogP contribution in [0.2, 0.25) is 0 Å². The lowest BCUT2D eigenvalue weighted by Gasteiger charge is -2.14. The van der Waals surface area contributed by atoms with Crippen molar-refractivity contribution < 1.29 is 9.90 Å². The highest BCUT2D eigenvalue weighted by molar-refractivity contribution is 5.82. The van der Waals surface area contributed by atoms with Crippen molar-refractivity contribution in [1.82, 2.24) is 20.4 Å². The van der Waals surface area contributed by atoms with Crippen LogP contribution >= 0.6 is 0 Å². The summed E-state index contributed by atoms with van der Waals surface area (Å²) in [5.74, 6) is -0.0790. The molecule has 6 heteroatoms. The number of aromatic nitrogens is 2. The number of hydrogen-bond acceptors (Lipinski definition) is 4. The fraction of sp³-hybridized carbons (Fsp3) is 0.412. The van der Waals surface area contributed by atoms with Crippen LogP contribution in [0.5, 0.6) is 0 Å². The number of rotatable bonds is 4. The number of amides is 1. The summed E-state index contributed by atoms with van der Waals surface area (Å²) in [5, 5.41) is 20.0. The number of carbonyl (C=O) groups excluding carboxylic acids is 1. The second-order valence-electron chi connectivity index (χ2n) is 6.04. The zero-order valence-electron chi connectivity index (χ0n) is 13.4. The lowest BCUT2D eigenvalue weighted by Crippen LogP contribution is -2.40. The monoisotopic (exact) mass is 314 g/mol. The second kappa shape index (κ2) is 6.52.